The molecule has 40 valence electrons. The number of thiol groups is 1. The quantitative estimate of drug-likeness (QED) is 0.450. The Bertz CT molecular complexity index is 12.3. The third-order valence-electron chi connectivity index (χ3n) is 0. The lowest BCUT2D eigenvalue weighted by Crippen LogP contribution is -1.66. The van der Waals surface area contributed by atoms with Crippen LogP contribution in [0.2, 0.25) is 0 Å². The van der Waals surface area contributed by atoms with Gasteiger partial charge in [-0.3, -0.25) is 5.14 Å². The average molecular weight is 107 g/mol. The van der Waals surface area contributed by atoms with Crippen LogP contribution in [0.4, 0.5) is 0 Å². The summed E-state index contributed by atoms with van der Waals surface area (Å²) in [5.41, 5.74) is 0. The number of rotatable bonds is 0. The van der Waals surface area contributed by atoms with Gasteiger partial charge >= 0.3 is 0 Å². The Morgan fingerprint density at radius 3 is 1.17 bits per heavy atom. The van der Waals surface area contributed by atoms with Crippen LogP contribution in [0.1, 0.15) is 20.8 Å². The lowest BCUT2D eigenvalue weighted by atomic mass is 10.3. The van der Waals surface area contributed by atoms with Gasteiger partial charge in [0.15, 0.2) is 0 Å². The second-order valence-electron chi connectivity index (χ2n) is 1.73. The molecule has 2 N–H and O–H groups in total. The highest BCUT2D eigenvalue weighted by Crippen LogP contribution is 1.81. The predicted octanol–water partition coefficient (Wildman–Crippen LogP) is 1.45. The van der Waals surface area contributed by atoms with Gasteiger partial charge in [0.1, 0.15) is 0 Å². The lowest BCUT2D eigenvalue weighted by Gasteiger charge is -1.79. The molecule has 0 aliphatic rings. The van der Waals surface area contributed by atoms with Crippen LogP contribution >= 0.6 is 12.8 Å². The first-order valence-electron chi connectivity index (χ1n) is 1.99. The standard InChI is InChI=1S/C4H10.H3NS/c1-4(2)3;1-2/h4H,1-3H3;2H,1H2. The monoisotopic (exact) mass is 107 g/mol. The van der Waals surface area contributed by atoms with Gasteiger partial charge in [-0.15, -0.1) is 12.8 Å². The normalized spacial score (nSPS) is 7.00. The van der Waals surface area contributed by atoms with Gasteiger partial charge in [0.25, 0.3) is 0 Å². The van der Waals surface area contributed by atoms with E-state index < -0.39 is 0 Å². The van der Waals surface area contributed by atoms with Crippen molar-refractivity contribution in [1.82, 2.24) is 0 Å². The summed E-state index contributed by atoms with van der Waals surface area (Å²) in [6, 6.07) is 0. The maximum atomic E-state index is 4.19. The molecule has 0 bridgehead atoms. The summed E-state index contributed by atoms with van der Waals surface area (Å²) in [4.78, 5) is 0. The maximum Gasteiger partial charge on any atom is -0.0500 e. The highest BCUT2D eigenvalue weighted by Gasteiger charge is 1.68. The van der Waals surface area contributed by atoms with Gasteiger partial charge in [-0.25, -0.2) is 0 Å². The number of nitrogens with two attached hydrogens (primary N) is 1. The Kier molecular flexibility index (Phi) is 14.4. The van der Waals surface area contributed by atoms with Crippen LogP contribution in [-0.2, 0) is 0 Å². The molecule has 0 aromatic heterocycles. The van der Waals surface area contributed by atoms with Crippen LogP contribution in [0.5, 0.6) is 0 Å². The minimum absolute atomic E-state index is 0.833. The van der Waals surface area contributed by atoms with E-state index in [2.05, 4.69) is 38.7 Å². The average Bonchev–Trinajstić information content (AvgIpc) is 1.41. The molecule has 0 aromatic carbocycles. The van der Waals surface area contributed by atoms with E-state index >= 15 is 0 Å². The molecule has 1 nitrogen and oxygen atoms in total. The highest BCUT2D eigenvalue weighted by atomic mass is 32.1. The van der Waals surface area contributed by atoms with E-state index in [4.69, 9.17) is 0 Å². The summed E-state index contributed by atoms with van der Waals surface area (Å²) in [5.74, 6) is 0.833. The van der Waals surface area contributed by atoms with E-state index in [0.29, 0.717) is 0 Å². The lowest BCUT2D eigenvalue weighted by molar-refractivity contribution is 0.737. The van der Waals surface area contributed by atoms with E-state index in [0.717, 1.165) is 5.92 Å². The van der Waals surface area contributed by atoms with E-state index in [1.165, 1.54) is 0 Å². The molecule has 0 saturated carbocycles. The second kappa shape index (κ2) is 9.00. The Labute approximate surface area is 45.5 Å². The van der Waals surface area contributed by atoms with Crippen molar-refractivity contribution < 1.29 is 0 Å². The van der Waals surface area contributed by atoms with Crippen molar-refractivity contribution in [1.29, 1.82) is 0 Å². The van der Waals surface area contributed by atoms with Gasteiger partial charge in [0.05, 0.1) is 0 Å². The van der Waals surface area contributed by atoms with Gasteiger partial charge in [-0.05, 0) is 5.92 Å². The smallest absolute Gasteiger partial charge is 0.0500 e. The molecular formula is C4H13NS. The first-order valence-corrected chi connectivity index (χ1v) is 2.51. The molecule has 0 aromatic rings. The zero-order valence-electron chi connectivity index (χ0n) is 4.60. The fourth-order valence-electron chi connectivity index (χ4n) is 0. The minimum atomic E-state index is 0.833. The van der Waals surface area contributed by atoms with E-state index in [-0.39, 0.29) is 0 Å². The Morgan fingerprint density at radius 2 is 1.17 bits per heavy atom. The van der Waals surface area contributed by atoms with Gasteiger partial charge in [0.2, 0.25) is 0 Å². The van der Waals surface area contributed by atoms with Gasteiger partial charge < -0.3 is 0 Å². The van der Waals surface area contributed by atoms with Crippen LogP contribution < -0.4 is 5.14 Å². The molecule has 2 heteroatoms. The Balaban J connectivity index is 0. The summed E-state index contributed by atoms with van der Waals surface area (Å²) in [6.45, 7) is 6.50. The fraction of sp³-hybridized carbons (Fsp3) is 1.00. The molecule has 0 radical (unpaired) electrons. The molecule has 0 unspecified atom stereocenters. The zero-order chi connectivity index (χ0) is 5.58. The van der Waals surface area contributed by atoms with Crippen LogP contribution in [-0.4, -0.2) is 0 Å². The molecule has 0 atom stereocenters. The van der Waals surface area contributed by atoms with E-state index in [1.807, 2.05) is 0 Å². The van der Waals surface area contributed by atoms with Crippen molar-refractivity contribution in [2.75, 3.05) is 0 Å². The molecule has 6 heavy (non-hydrogen) atoms. The first-order chi connectivity index (χ1) is 2.73. The molecule has 0 aliphatic heterocycles. The van der Waals surface area contributed by atoms with Crippen LogP contribution in [0, 0.1) is 5.92 Å². The van der Waals surface area contributed by atoms with Crippen molar-refractivity contribution in [3.05, 3.63) is 0 Å². The first kappa shape index (κ1) is 9.58. The Morgan fingerprint density at radius 1 is 1.17 bits per heavy atom. The zero-order valence-corrected chi connectivity index (χ0v) is 5.50. The molecule has 0 aliphatic carbocycles. The molecule has 0 amide bonds. The summed E-state index contributed by atoms with van der Waals surface area (Å²) >= 11 is 3.03. The van der Waals surface area contributed by atoms with Crippen LogP contribution in [0.25, 0.3) is 0 Å². The molecule has 0 heterocycles. The highest BCUT2D eigenvalue weighted by molar-refractivity contribution is 7.77. The number of hydrogen-bond acceptors (Lipinski definition) is 2. The molecular weight excluding hydrogens is 94.1 g/mol. The third kappa shape index (κ3) is 491. The van der Waals surface area contributed by atoms with E-state index in [9.17, 15) is 0 Å². The fourth-order valence-corrected chi connectivity index (χ4v) is 0. The largest absolute Gasteiger partial charge is 0.281 e. The molecule has 0 spiro atoms. The summed E-state index contributed by atoms with van der Waals surface area (Å²) < 4.78 is 0. The summed E-state index contributed by atoms with van der Waals surface area (Å²) in [6.07, 6.45) is 0. The number of hydrogen-bond donors (Lipinski definition) is 2. The van der Waals surface area contributed by atoms with Gasteiger partial charge in [-0.2, -0.15) is 0 Å². The Hall–Kier alpha value is 0.310. The SMILES string of the molecule is CC(C)C.NS. The van der Waals surface area contributed by atoms with Crippen LogP contribution in [0.15, 0.2) is 0 Å². The van der Waals surface area contributed by atoms with Crippen molar-refractivity contribution >= 4 is 12.8 Å². The third-order valence-corrected chi connectivity index (χ3v) is 0. The van der Waals surface area contributed by atoms with Crippen molar-refractivity contribution in [2.24, 2.45) is 11.1 Å². The predicted molar refractivity (Wildman–Crippen MR) is 33.7 cm³/mol. The maximum absolute atomic E-state index is 4.19. The topological polar surface area (TPSA) is 26.0 Å². The minimum Gasteiger partial charge on any atom is -0.281 e. The summed E-state index contributed by atoms with van der Waals surface area (Å²) in [5, 5.41) is 4.19. The van der Waals surface area contributed by atoms with Gasteiger partial charge in [0, 0.05) is 0 Å². The molecule has 0 rings (SSSR count). The van der Waals surface area contributed by atoms with Crippen molar-refractivity contribution in [3.8, 4) is 0 Å². The summed E-state index contributed by atoms with van der Waals surface area (Å²) in [7, 11) is 0. The second-order valence-corrected chi connectivity index (χ2v) is 1.73. The molecule has 0 saturated heterocycles. The van der Waals surface area contributed by atoms with Crippen LogP contribution in [0.3, 0.4) is 0 Å². The van der Waals surface area contributed by atoms with Crippen molar-refractivity contribution in [3.63, 3.8) is 0 Å². The van der Waals surface area contributed by atoms with Crippen molar-refractivity contribution in [2.45, 2.75) is 20.8 Å². The van der Waals surface area contributed by atoms with Gasteiger partial charge in [-0.1, -0.05) is 20.8 Å². The molecule has 0 fully saturated rings. The van der Waals surface area contributed by atoms with E-state index in [1.54, 1.807) is 0 Å².